The molecule has 0 radical (unpaired) electrons. The molecule has 2 aromatic heterocycles. The predicted molar refractivity (Wildman–Crippen MR) is 240 cm³/mol. The van der Waals surface area contributed by atoms with Crippen LogP contribution in [0.15, 0.2) is 103 Å². The van der Waals surface area contributed by atoms with E-state index >= 15 is 8.78 Å². The molecule has 5 heteroatoms. The summed E-state index contributed by atoms with van der Waals surface area (Å²) in [7, 11) is 0. The van der Waals surface area contributed by atoms with Crippen LogP contribution in [0.5, 0.6) is 0 Å². The first-order valence-corrected chi connectivity index (χ1v) is 20.3. The Morgan fingerprint density at radius 3 is 1.07 bits per heavy atom. The van der Waals surface area contributed by atoms with Crippen molar-refractivity contribution < 1.29 is 8.78 Å². The van der Waals surface area contributed by atoms with Gasteiger partial charge in [-0.25, -0.2) is 8.78 Å². The largest absolute Gasteiger partial charge is 0.309 e. The highest BCUT2D eigenvalue weighted by molar-refractivity contribution is 6.12. The molecule has 2 heterocycles. The Balaban J connectivity index is 1.53. The maximum atomic E-state index is 16.3. The van der Waals surface area contributed by atoms with Crippen LogP contribution < -0.4 is 0 Å². The molecule has 8 rings (SSSR count). The average molecular weight is 770 g/mol. The number of benzene rings is 6. The minimum Gasteiger partial charge on any atom is -0.309 e. The molecule has 0 aliphatic rings. The van der Waals surface area contributed by atoms with Gasteiger partial charge in [-0.2, -0.15) is 5.26 Å². The summed E-state index contributed by atoms with van der Waals surface area (Å²) in [6, 6.07) is 36.3. The van der Waals surface area contributed by atoms with Crippen molar-refractivity contribution in [3.8, 4) is 28.6 Å². The predicted octanol–water partition coefficient (Wildman–Crippen LogP) is 14.9. The van der Waals surface area contributed by atoms with Crippen LogP contribution in [-0.2, 0) is 21.7 Å². The fourth-order valence-electron chi connectivity index (χ4n) is 8.42. The van der Waals surface area contributed by atoms with Crippen LogP contribution in [0.2, 0.25) is 0 Å². The molecule has 0 saturated carbocycles. The molecule has 0 spiro atoms. The summed E-state index contributed by atoms with van der Waals surface area (Å²) in [6.07, 6.45) is 0. The quantitative estimate of drug-likeness (QED) is 0.176. The fourth-order valence-corrected chi connectivity index (χ4v) is 8.42. The molecule has 58 heavy (non-hydrogen) atoms. The molecule has 0 atom stereocenters. The van der Waals surface area contributed by atoms with Gasteiger partial charge in [0.25, 0.3) is 0 Å². The zero-order valence-electron chi connectivity index (χ0n) is 35.9. The van der Waals surface area contributed by atoms with Crippen molar-refractivity contribution in [3.05, 3.63) is 143 Å². The highest BCUT2D eigenvalue weighted by Gasteiger charge is 2.27. The molecule has 0 aliphatic heterocycles. The number of nitrogens with zero attached hydrogens (tertiary/aromatic N) is 3. The van der Waals surface area contributed by atoms with Crippen LogP contribution in [0, 0.1) is 23.0 Å². The standard InChI is InChI=1S/C53H53F2N3/c1-50(2,3)32-16-20-43-36(25-32)37-26-33(51(4,5)6)17-21-44(37)57(43)47-29-40(49-41(54)14-13-15-42(49)55)48(24-31(47)30-56)58-45-22-18-34(52(7,8)9)27-38(45)39-28-35(53(10,11)12)19-23-46(39)58/h13-29H,1-12H3. The Labute approximate surface area is 341 Å². The lowest BCUT2D eigenvalue weighted by Gasteiger charge is -2.21. The molecule has 0 fully saturated rings. The topological polar surface area (TPSA) is 33.6 Å². The lowest BCUT2D eigenvalue weighted by Crippen LogP contribution is -2.10. The van der Waals surface area contributed by atoms with Crippen LogP contribution in [-0.4, -0.2) is 9.13 Å². The van der Waals surface area contributed by atoms with Gasteiger partial charge in [0, 0.05) is 27.1 Å². The summed E-state index contributed by atoms with van der Waals surface area (Å²) in [5.74, 6) is -1.34. The van der Waals surface area contributed by atoms with Crippen LogP contribution >= 0.6 is 0 Å². The van der Waals surface area contributed by atoms with Crippen LogP contribution in [0.25, 0.3) is 66.1 Å². The van der Waals surface area contributed by atoms with Crippen molar-refractivity contribution in [2.75, 3.05) is 0 Å². The van der Waals surface area contributed by atoms with Gasteiger partial charge < -0.3 is 9.13 Å². The Morgan fingerprint density at radius 1 is 0.431 bits per heavy atom. The second kappa shape index (κ2) is 13.1. The van der Waals surface area contributed by atoms with E-state index in [0.717, 1.165) is 43.6 Å². The summed E-state index contributed by atoms with van der Waals surface area (Å²) >= 11 is 0. The zero-order valence-corrected chi connectivity index (χ0v) is 35.9. The molecule has 0 aliphatic carbocycles. The molecular weight excluding hydrogens is 717 g/mol. The van der Waals surface area contributed by atoms with Gasteiger partial charge in [-0.1, -0.05) is 113 Å². The first kappa shape index (κ1) is 39.1. The third-order valence-electron chi connectivity index (χ3n) is 11.9. The number of halogens is 2. The Morgan fingerprint density at radius 2 is 0.759 bits per heavy atom. The molecule has 0 N–H and O–H groups in total. The first-order valence-electron chi connectivity index (χ1n) is 20.3. The van der Waals surface area contributed by atoms with E-state index in [1.165, 1.54) is 40.5 Å². The summed E-state index contributed by atoms with van der Waals surface area (Å²) in [5, 5.41) is 15.3. The monoisotopic (exact) mass is 769 g/mol. The lowest BCUT2D eigenvalue weighted by molar-refractivity contribution is 0.589. The summed E-state index contributed by atoms with van der Waals surface area (Å²) in [5.41, 5.74) is 9.67. The van der Waals surface area contributed by atoms with Crippen molar-refractivity contribution in [1.82, 2.24) is 9.13 Å². The minimum atomic E-state index is -0.672. The molecule has 0 unspecified atom stereocenters. The fraction of sp³-hybridized carbons (Fsp3) is 0.302. The number of hydrogen-bond donors (Lipinski definition) is 0. The lowest BCUT2D eigenvalue weighted by atomic mass is 9.85. The Bertz CT molecular complexity index is 2850. The molecule has 0 amide bonds. The van der Waals surface area contributed by atoms with E-state index in [0.29, 0.717) is 22.5 Å². The number of nitriles is 1. The normalized spacial score (nSPS) is 13.0. The van der Waals surface area contributed by atoms with Crippen molar-refractivity contribution >= 4 is 43.6 Å². The van der Waals surface area contributed by atoms with E-state index in [-0.39, 0.29) is 27.2 Å². The minimum absolute atomic E-state index is 0.0944. The van der Waals surface area contributed by atoms with Crippen LogP contribution in [0.3, 0.4) is 0 Å². The van der Waals surface area contributed by atoms with E-state index in [2.05, 4.69) is 171 Å². The van der Waals surface area contributed by atoms with E-state index in [9.17, 15) is 5.26 Å². The van der Waals surface area contributed by atoms with Gasteiger partial charge >= 0.3 is 0 Å². The van der Waals surface area contributed by atoms with Crippen molar-refractivity contribution in [3.63, 3.8) is 0 Å². The van der Waals surface area contributed by atoms with E-state index in [1.54, 1.807) is 0 Å². The maximum absolute atomic E-state index is 16.3. The first-order chi connectivity index (χ1) is 27.1. The molecule has 294 valence electrons. The second-order valence-electron chi connectivity index (χ2n) is 20.2. The van der Waals surface area contributed by atoms with Gasteiger partial charge in [0.15, 0.2) is 0 Å². The Kier molecular flexibility index (Phi) is 8.87. The van der Waals surface area contributed by atoms with Gasteiger partial charge in [0.1, 0.15) is 17.7 Å². The smallest absolute Gasteiger partial charge is 0.134 e. The van der Waals surface area contributed by atoms with E-state index < -0.39 is 11.6 Å². The molecule has 0 saturated heterocycles. The van der Waals surface area contributed by atoms with Gasteiger partial charge in [0.05, 0.1) is 44.6 Å². The number of fused-ring (bicyclic) bond motifs is 6. The molecule has 8 aromatic rings. The highest BCUT2D eigenvalue weighted by Crippen LogP contribution is 2.44. The van der Waals surface area contributed by atoms with Gasteiger partial charge in [0.2, 0.25) is 0 Å². The van der Waals surface area contributed by atoms with E-state index in [4.69, 9.17) is 0 Å². The van der Waals surface area contributed by atoms with E-state index in [1.807, 2.05) is 12.1 Å². The third kappa shape index (κ3) is 6.38. The molecule has 0 bridgehead atoms. The van der Waals surface area contributed by atoms with Crippen molar-refractivity contribution in [1.29, 1.82) is 5.26 Å². The van der Waals surface area contributed by atoms with Crippen LogP contribution in [0.4, 0.5) is 8.78 Å². The zero-order chi connectivity index (χ0) is 41.9. The SMILES string of the molecule is CC(C)(C)c1ccc2c(c1)c1cc(C(C)(C)C)ccc1n2-c1cc(-c2c(F)cccc2F)c(-n2c3ccc(C(C)(C)C)cc3c3cc(C(C)(C)C)ccc32)cc1C#N. The average Bonchev–Trinajstić information content (AvgIpc) is 3.64. The van der Waals surface area contributed by atoms with Crippen LogP contribution in [0.1, 0.15) is 111 Å². The van der Waals surface area contributed by atoms with Crippen molar-refractivity contribution in [2.24, 2.45) is 0 Å². The number of hydrogen-bond acceptors (Lipinski definition) is 1. The summed E-state index contributed by atoms with van der Waals surface area (Å²) in [4.78, 5) is 0. The number of aromatic nitrogens is 2. The van der Waals surface area contributed by atoms with Gasteiger partial charge in [-0.05, 0) is 117 Å². The van der Waals surface area contributed by atoms with Gasteiger partial charge in [-0.15, -0.1) is 0 Å². The Hall–Kier alpha value is -5.73. The maximum Gasteiger partial charge on any atom is 0.134 e. The highest BCUT2D eigenvalue weighted by atomic mass is 19.1. The molecule has 6 aromatic carbocycles. The molecule has 3 nitrogen and oxygen atoms in total. The molecular formula is C53H53F2N3. The number of rotatable bonds is 3. The second-order valence-corrected chi connectivity index (χ2v) is 20.2. The summed E-state index contributed by atoms with van der Waals surface area (Å²) < 4.78 is 36.8. The van der Waals surface area contributed by atoms with Gasteiger partial charge in [-0.3, -0.25) is 0 Å². The third-order valence-corrected chi connectivity index (χ3v) is 11.9. The summed E-state index contributed by atoms with van der Waals surface area (Å²) in [6.45, 7) is 26.5. The van der Waals surface area contributed by atoms with Crippen molar-refractivity contribution in [2.45, 2.75) is 105 Å².